The average Bonchev–Trinajstić information content (AvgIpc) is 2.51. The first-order valence-electron chi connectivity index (χ1n) is 7.91. The van der Waals surface area contributed by atoms with Crippen LogP contribution in [0.4, 0.5) is 4.79 Å². The molecule has 0 aromatic heterocycles. The molecule has 0 aliphatic heterocycles. The van der Waals surface area contributed by atoms with Crippen LogP contribution in [0.5, 0.6) is 0 Å². The monoisotopic (exact) mass is 305 g/mol. The van der Waals surface area contributed by atoms with E-state index in [0.717, 1.165) is 31.2 Å². The molecule has 0 saturated carbocycles. The lowest BCUT2D eigenvalue weighted by Gasteiger charge is -2.20. The van der Waals surface area contributed by atoms with Gasteiger partial charge in [0.25, 0.3) is 0 Å². The molecule has 0 spiro atoms. The molecule has 22 heavy (non-hydrogen) atoms. The Hall–Kier alpha value is -1.81. The number of benzene rings is 1. The van der Waals surface area contributed by atoms with Crippen LogP contribution in [0.1, 0.15) is 38.2 Å². The Morgan fingerprint density at radius 2 is 2.09 bits per heavy atom. The van der Waals surface area contributed by atoms with Gasteiger partial charge < -0.3 is 14.7 Å². The van der Waals surface area contributed by atoms with Crippen molar-refractivity contribution in [1.82, 2.24) is 4.90 Å². The quantitative estimate of drug-likeness (QED) is 0.489. The maximum absolute atomic E-state index is 11.3. The van der Waals surface area contributed by atoms with Crippen molar-refractivity contribution < 1.29 is 14.6 Å². The molecule has 122 valence electrons. The first-order valence-corrected chi connectivity index (χ1v) is 7.91. The number of carboxylic acid groups (broad SMARTS) is 1. The summed E-state index contributed by atoms with van der Waals surface area (Å²) in [6.45, 7) is 7.43. The minimum atomic E-state index is -0.865. The second-order valence-electron chi connectivity index (χ2n) is 5.29. The maximum atomic E-state index is 11.3. The predicted molar refractivity (Wildman–Crippen MR) is 89.0 cm³/mol. The van der Waals surface area contributed by atoms with Crippen molar-refractivity contribution in [1.29, 1.82) is 0 Å². The molecule has 1 rings (SSSR count). The van der Waals surface area contributed by atoms with Gasteiger partial charge in [-0.1, -0.05) is 36.4 Å². The number of rotatable bonds is 11. The molecule has 1 aromatic rings. The Labute approximate surface area is 133 Å². The first kappa shape index (κ1) is 18.2. The smallest absolute Gasteiger partial charge is 0.407 e. The van der Waals surface area contributed by atoms with E-state index in [9.17, 15) is 9.90 Å². The molecule has 0 bridgehead atoms. The minimum absolute atomic E-state index is 0.204. The second kappa shape index (κ2) is 10.9. The summed E-state index contributed by atoms with van der Waals surface area (Å²) in [7, 11) is 0. The number of amides is 1. The molecule has 4 nitrogen and oxygen atoms in total. The fraction of sp³-hybridized carbons (Fsp3) is 0.500. The van der Waals surface area contributed by atoms with Gasteiger partial charge in [-0.05, 0) is 38.2 Å². The van der Waals surface area contributed by atoms with Crippen LogP contribution in [-0.2, 0) is 11.3 Å². The summed E-state index contributed by atoms with van der Waals surface area (Å²) >= 11 is 0. The van der Waals surface area contributed by atoms with Crippen molar-refractivity contribution >= 4 is 6.09 Å². The standard InChI is InChI=1S/C18H27NO3/c1-3-10-17(22-4-2)13-8-9-14-19(18(20)21)15-16-11-6-5-7-12-16/h3,5-7,11-12,17H,1,4,8-10,13-15H2,2H3,(H,20,21). The SMILES string of the molecule is C=CCC(CCCCN(Cc1ccccc1)C(=O)O)OCC. The Balaban J connectivity index is 2.35. The van der Waals surface area contributed by atoms with Crippen LogP contribution in [0, 0.1) is 0 Å². The van der Waals surface area contributed by atoms with Gasteiger partial charge >= 0.3 is 6.09 Å². The molecule has 0 aliphatic carbocycles. The third kappa shape index (κ3) is 7.27. The van der Waals surface area contributed by atoms with E-state index >= 15 is 0 Å². The Morgan fingerprint density at radius 1 is 1.36 bits per heavy atom. The summed E-state index contributed by atoms with van der Waals surface area (Å²) in [6.07, 6.45) is 4.81. The summed E-state index contributed by atoms with van der Waals surface area (Å²) in [4.78, 5) is 12.8. The number of carbonyl (C=O) groups is 1. The Kier molecular flexibility index (Phi) is 9.00. The first-order chi connectivity index (χ1) is 10.7. The van der Waals surface area contributed by atoms with Gasteiger partial charge in [0, 0.05) is 19.7 Å². The molecule has 1 N–H and O–H groups in total. The normalized spacial score (nSPS) is 11.9. The Morgan fingerprint density at radius 3 is 2.68 bits per heavy atom. The number of nitrogens with zero attached hydrogens (tertiary/aromatic N) is 1. The number of ether oxygens (including phenoxy) is 1. The van der Waals surface area contributed by atoms with E-state index in [-0.39, 0.29) is 6.10 Å². The van der Waals surface area contributed by atoms with Crippen molar-refractivity contribution in [2.45, 2.75) is 45.3 Å². The highest BCUT2D eigenvalue weighted by molar-refractivity contribution is 5.64. The lowest BCUT2D eigenvalue weighted by Crippen LogP contribution is -2.30. The molecule has 0 aliphatic rings. The molecule has 0 heterocycles. The molecular weight excluding hydrogens is 278 g/mol. The average molecular weight is 305 g/mol. The van der Waals surface area contributed by atoms with Gasteiger partial charge in [-0.2, -0.15) is 0 Å². The van der Waals surface area contributed by atoms with Crippen LogP contribution >= 0.6 is 0 Å². The van der Waals surface area contributed by atoms with Gasteiger partial charge in [-0.3, -0.25) is 0 Å². The van der Waals surface area contributed by atoms with Gasteiger partial charge in [0.1, 0.15) is 0 Å². The van der Waals surface area contributed by atoms with E-state index in [4.69, 9.17) is 4.74 Å². The lowest BCUT2D eigenvalue weighted by atomic mass is 10.1. The number of hydrogen-bond donors (Lipinski definition) is 1. The number of hydrogen-bond acceptors (Lipinski definition) is 2. The fourth-order valence-electron chi connectivity index (χ4n) is 2.41. The van der Waals surface area contributed by atoms with Crippen LogP contribution in [0.2, 0.25) is 0 Å². The van der Waals surface area contributed by atoms with Crippen molar-refractivity contribution in [3.05, 3.63) is 48.6 Å². The maximum Gasteiger partial charge on any atom is 0.407 e. The summed E-state index contributed by atoms with van der Waals surface area (Å²) in [5.41, 5.74) is 1.02. The second-order valence-corrected chi connectivity index (χ2v) is 5.29. The van der Waals surface area contributed by atoms with Crippen LogP contribution in [0.25, 0.3) is 0 Å². The van der Waals surface area contributed by atoms with E-state index in [1.165, 1.54) is 4.90 Å². The van der Waals surface area contributed by atoms with Crippen molar-refractivity contribution in [3.63, 3.8) is 0 Å². The van der Waals surface area contributed by atoms with E-state index in [0.29, 0.717) is 19.7 Å². The summed E-state index contributed by atoms with van der Waals surface area (Å²) < 4.78 is 5.63. The number of unbranched alkanes of at least 4 members (excludes halogenated alkanes) is 1. The molecule has 0 fully saturated rings. The molecule has 0 saturated heterocycles. The largest absolute Gasteiger partial charge is 0.465 e. The summed E-state index contributed by atoms with van der Waals surface area (Å²) in [6, 6.07) is 9.69. The van der Waals surface area contributed by atoms with Gasteiger partial charge in [0.2, 0.25) is 0 Å². The van der Waals surface area contributed by atoms with Crippen LogP contribution in [0.15, 0.2) is 43.0 Å². The minimum Gasteiger partial charge on any atom is -0.465 e. The third-order valence-electron chi connectivity index (χ3n) is 3.52. The molecule has 1 atom stereocenters. The highest BCUT2D eigenvalue weighted by Crippen LogP contribution is 2.11. The van der Waals surface area contributed by atoms with Crippen LogP contribution in [0.3, 0.4) is 0 Å². The zero-order valence-electron chi connectivity index (χ0n) is 13.4. The lowest BCUT2D eigenvalue weighted by molar-refractivity contribution is 0.0566. The van der Waals surface area contributed by atoms with Crippen molar-refractivity contribution in [2.24, 2.45) is 0 Å². The zero-order chi connectivity index (χ0) is 16.2. The molecule has 1 aromatic carbocycles. The van der Waals surface area contributed by atoms with E-state index in [1.54, 1.807) is 0 Å². The highest BCUT2D eigenvalue weighted by atomic mass is 16.5. The van der Waals surface area contributed by atoms with E-state index in [1.807, 2.05) is 43.3 Å². The van der Waals surface area contributed by atoms with Gasteiger partial charge in [0.15, 0.2) is 0 Å². The van der Waals surface area contributed by atoms with Gasteiger partial charge in [0.05, 0.1) is 6.10 Å². The highest BCUT2D eigenvalue weighted by Gasteiger charge is 2.12. The summed E-state index contributed by atoms with van der Waals surface area (Å²) in [5, 5.41) is 9.30. The van der Waals surface area contributed by atoms with Crippen molar-refractivity contribution in [2.75, 3.05) is 13.2 Å². The molecule has 1 unspecified atom stereocenters. The van der Waals surface area contributed by atoms with Gasteiger partial charge in [-0.25, -0.2) is 4.79 Å². The van der Waals surface area contributed by atoms with Crippen LogP contribution in [-0.4, -0.2) is 35.4 Å². The third-order valence-corrected chi connectivity index (χ3v) is 3.52. The molecular formula is C18H27NO3. The zero-order valence-corrected chi connectivity index (χ0v) is 13.4. The fourth-order valence-corrected chi connectivity index (χ4v) is 2.41. The van der Waals surface area contributed by atoms with Crippen LogP contribution < -0.4 is 0 Å². The molecule has 4 heteroatoms. The molecule has 1 amide bonds. The topological polar surface area (TPSA) is 49.8 Å². The summed E-state index contributed by atoms with van der Waals surface area (Å²) in [5.74, 6) is 0. The van der Waals surface area contributed by atoms with Crippen molar-refractivity contribution in [3.8, 4) is 0 Å². The molecule has 0 radical (unpaired) electrons. The predicted octanol–water partition coefficient (Wildman–Crippen LogP) is 4.32. The van der Waals surface area contributed by atoms with Gasteiger partial charge in [-0.15, -0.1) is 6.58 Å². The van der Waals surface area contributed by atoms with E-state index in [2.05, 4.69) is 6.58 Å². The van der Waals surface area contributed by atoms with E-state index < -0.39 is 6.09 Å². The Bertz CT molecular complexity index is 433.